The minimum atomic E-state index is 0.255. The van der Waals surface area contributed by atoms with Crippen molar-refractivity contribution in [1.29, 1.82) is 5.26 Å². The molecule has 0 radical (unpaired) electrons. The molecule has 6 nitrogen and oxygen atoms in total. The lowest BCUT2D eigenvalue weighted by Gasteiger charge is -2.44. The Hall–Kier alpha value is -2.65. The number of nitrogens with two attached hydrogens (primary N) is 1. The van der Waals surface area contributed by atoms with Crippen molar-refractivity contribution in [3.05, 3.63) is 45.9 Å². The van der Waals surface area contributed by atoms with E-state index in [-0.39, 0.29) is 11.5 Å². The molecule has 240 valence electrons. The van der Waals surface area contributed by atoms with Crippen LogP contribution in [-0.4, -0.2) is 46.1 Å². The minimum Gasteiger partial charge on any atom is -0.398 e. The van der Waals surface area contributed by atoms with Gasteiger partial charge in [0.1, 0.15) is 17.7 Å². The zero-order chi connectivity index (χ0) is 31.4. The molecule has 0 spiro atoms. The lowest BCUT2D eigenvalue weighted by Crippen LogP contribution is -2.49. The highest BCUT2D eigenvalue weighted by molar-refractivity contribution is 5.63. The first-order chi connectivity index (χ1) is 21.3. The maximum Gasteiger partial charge on any atom is 0.136 e. The van der Waals surface area contributed by atoms with Gasteiger partial charge in [0.25, 0.3) is 0 Å². The quantitative estimate of drug-likeness (QED) is 0.234. The van der Waals surface area contributed by atoms with Crippen molar-refractivity contribution in [2.75, 3.05) is 30.3 Å². The Kier molecular flexibility index (Phi) is 10.6. The predicted octanol–water partition coefficient (Wildman–Crippen LogP) is 8.32. The van der Waals surface area contributed by atoms with Gasteiger partial charge >= 0.3 is 0 Å². The summed E-state index contributed by atoms with van der Waals surface area (Å²) < 4.78 is 0. The molecule has 2 aromatic rings. The van der Waals surface area contributed by atoms with Crippen LogP contribution in [0.25, 0.3) is 0 Å². The van der Waals surface area contributed by atoms with Crippen LogP contribution in [0.2, 0.25) is 0 Å². The highest BCUT2D eigenvalue weighted by atomic mass is 15.3. The van der Waals surface area contributed by atoms with E-state index < -0.39 is 0 Å². The summed E-state index contributed by atoms with van der Waals surface area (Å²) in [5, 5.41) is 10.2. The van der Waals surface area contributed by atoms with Gasteiger partial charge in [-0.3, -0.25) is 4.90 Å². The Morgan fingerprint density at radius 1 is 1.14 bits per heavy atom. The van der Waals surface area contributed by atoms with Crippen LogP contribution in [0.5, 0.6) is 0 Å². The normalized spacial score (nSPS) is 25.8. The summed E-state index contributed by atoms with van der Waals surface area (Å²) in [4.78, 5) is 16.2. The number of hydrogen-bond acceptors (Lipinski definition) is 6. The maximum atomic E-state index is 10.2. The van der Waals surface area contributed by atoms with Crippen LogP contribution in [0.4, 0.5) is 11.5 Å². The van der Waals surface area contributed by atoms with E-state index in [1.54, 1.807) is 0 Å². The van der Waals surface area contributed by atoms with Crippen molar-refractivity contribution in [1.82, 2.24) is 14.9 Å². The fourth-order valence-corrected chi connectivity index (χ4v) is 8.69. The van der Waals surface area contributed by atoms with E-state index in [9.17, 15) is 5.26 Å². The monoisotopic (exact) mass is 598 g/mol. The maximum absolute atomic E-state index is 10.2. The van der Waals surface area contributed by atoms with Gasteiger partial charge < -0.3 is 10.6 Å². The van der Waals surface area contributed by atoms with Gasteiger partial charge in [-0.15, -0.1) is 0 Å². The summed E-state index contributed by atoms with van der Waals surface area (Å²) in [6.45, 7) is 17.3. The summed E-state index contributed by atoms with van der Waals surface area (Å²) in [5.41, 5.74) is 13.0. The van der Waals surface area contributed by atoms with E-state index in [0.29, 0.717) is 23.2 Å². The third-order valence-electron chi connectivity index (χ3n) is 11.8. The van der Waals surface area contributed by atoms with Gasteiger partial charge in [0, 0.05) is 42.3 Å². The molecule has 0 amide bonds. The zero-order valence-electron chi connectivity index (χ0n) is 28.6. The fourth-order valence-electron chi connectivity index (χ4n) is 8.69. The van der Waals surface area contributed by atoms with Crippen LogP contribution >= 0.6 is 0 Å². The second-order valence-electron chi connectivity index (χ2n) is 14.2. The zero-order valence-corrected chi connectivity index (χ0v) is 28.6. The molecule has 5 rings (SSSR count). The van der Waals surface area contributed by atoms with Crippen LogP contribution in [0.3, 0.4) is 0 Å². The van der Waals surface area contributed by atoms with Crippen molar-refractivity contribution in [3.8, 4) is 6.07 Å². The first-order valence-corrected chi connectivity index (χ1v) is 18.0. The van der Waals surface area contributed by atoms with Crippen molar-refractivity contribution in [3.63, 3.8) is 0 Å². The van der Waals surface area contributed by atoms with Gasteiger partial charge in [0.05, 0.1) is 11.3 Å². The molecule has 1 aliphatic carbocycles. The summed E-state index contributed by atoms with van der Waals surface area (Å²) in [6.07, 6.45) is 14.7. The lowest BCUT2D eigenvalue weighted by molar-refractivity contribution is 0.128. The van der Waals surface area contributed by atoms with Crippen LogP contribution in [0.15, 0.2) is 12.1 Å². The smallest absolute Gasteiger partial charge is 0.136 e. The fraction of sp³-hybridized carbons (Fsp3) is 0.711. The molecule has 6 heteroatoms. The molecule has 3 heterocycles. The van der Waals surface area contributed by atoms with Gasteiger partial charge in [-0.25, -0.2) is 9.97 Å². The molecule has 0 bridgehead atoms. The van der Waals surface area contributed by atoms with Gasteiger partial charge in [0.2, 0.25) is 0 Å². The number of rotatable bonds is 13. The largest absolute Gasteiger partial charge is 0.398 e. The molecule has 5 unspecified atom stereocenters. The number of nitrogen functional groups attached to an aromatic ring is 1. The van der Waals surface area contributed by atoms with E-state index in [1.165, 1.54) is 79.7 Å². The number of aromatic nitrogens is 2. The second kappa shape index (κ2) is 14.2. The Morgan fingerprint density at radius 3 is 2.59 bits per heavy atom. The Bertz CT molecular complexity index is 1330. The van der Waals surface area contributed by atoms with Gasteiger partial charge in [0.15, 0.2) is 0 Å². The average Bonchev–Trinajstić information content (AvgIpc) is 3.41. The minimum absolute atomic E-state index is 0.255. The standard InChI is InChI=1S/C38H58N6/c1-7-12-13-29-19-21-44(29)37-31-15-14-28(36-30(26(6)8-2)16-17-33(40)32(36)24-39)22-34(31)41-35(42-37)18-20-38(10-4)23-27(9-3)25-43(38)11-5/h16-17,26-29H,7-15,18-23,25,40H2,1-6H3. The number of anilines is 2. The highest BCUT2D eigenvalue weighted by Gasteiger charge is 2.43. The molecule has 3 aliphatic rings. The third kappa shape index (κ3) is 6.23. The molecule has 1 aromatic heterocycles. The predicted molar refractivity (Wildman–Crippen MR) is 183 cm³/mol. The Labute approximate surface area is 267 Å². The van der Waals surface area contributed by atoms with E-state index in [0.717, 1.165) is 63.4 Å². The lowest BCUT2D eigenvalue weighted by atomic mass is 9.76. The molecule has 0 saturated carbocycles. The second-order valence-corrected chi connectivity index (χ2v) is 14.2. The van der Waals surface area contributed by atoms with Gasteiger partial charge in [-0.1, -0.05) is 66.9 Å². The van der Waals surface area contributed by atoms with Crippen molar-refractivity contribution >= 4 is 11.5 Å². The number of nitriles is 1. The van der Waals surface area contributed by atoms with Crippen LogP contribution in [-0.2, 0) is 19.3 Å². The molecule has 2 fully saturated rings. The summed E-state index contributed by atoms with van der Waals surface area (Å²) >= 11 is 0. The number of unbranched alkanes of at least 4 members (excludes halogenated alkanes) is 1. The average molecular weight is 599 g/mol. The van der Waals surface area contributed by atoms with Gasteiger partial charge in [-0.2, -0.15) is 5.26 Å². The summed E-state index contributed by atoms with van der Waals surface area (Å²) in [6, 6.07) is 7.22. The highest BCUT2D eigenvalue weighted by Crippen LogP contribution is 2.44. The number of aryl methyl sites for hydroxylation is 1. The summed E-state index contributed by atoms with van der Waals surface area (Å²) in [7, 11) is 0. The van der Waals surface area contributed by atoms with Crippen LogP contribution in [0.1, 0.15) is 151 Å². The Morgan fingerprint density at radius 2 is 1.95 bits per heavy atom. The van der Waals surface area contributed by atoms with Crippen LogP contribution < -0.4 is 10.6 Å². The molecule has 2 N–H and O–H groups in total. The number of nitrogens with zero attached hydrogens (tertiary/aromatic N) is 5. The third-order valence-corrected chi connectivity index (χ3v) is 11.8. The molecule has 2 saturated heterocycles. The molecule has 5 atom stereocenters. The van der Waals surface area contributed by atoms with Crippen LogP contribution in [0, 0.1) is 17.2 Å². The molecule has 1 aromatic carbocycles. The first-order valence-electron chi connectivity index (χ1n) is 18.0. The number of fused-ring (bicyclic) bond motifs is 1. The van der Waals surface area contributed by atoms with E-state index in [4.69, 9.17) is 15.7 Å². The van der Waals surface area contributed by atoms with E-state index in [1.807, 2.05) is 6.07 Å². The summed E-state index contributed by atoms with van der Waals surface area (Å²) in [5.74, 6) is 3.69. The molecular formula is C38H58N6. The number of benzene rings is 1. The number of likely N-dealkylation sites (tertiary alicyclic amines) is 1. The molecule has 2 aliphatic heterocycles. The van der Waals surface area contributed by atoms with E-state index in [2.05, 4.69) is 63.5 Å². The van der Waals surface area contributed by atoms with Crippen molar-refractivity contribution < 1.29 is 0 Å². The SMILES string of the molecule is CCCCC1CCN1c1nc(CCC2(CC)CC(CC)CN2CC)nc2c1CCC(c1c(C(C)CC)ccc(N)c1C#N)C2. The number of hydrogen-bond donors (Lipinski definition) is 1. The Balaban J connectivity index is 1.51. The molecule has 44 heavy (non-hydrogen) atoms. The molecular weight excluding hydrogens is 540 g/mol. The van der Waals surface area contributed by atoms with E-state index >= 15 is 0 Å². The topological polar surface area (TPSA) is 82.1 Å². The van der Waals surface area contributed by atoms with Crippen molar-refractivity contribution in [2.45, 2.75) is 148 Å². The van der Waals surface area contributed by atoms with Crippen molar-refractivity contribution in [2.24, 2.45) is 5.92 Å². The first kappa shape index (κ1) is 32.7. The van der Waals surface area contributed by atoms with Gasteiger partial charge in [-0.05, 0) is 99.3 Å².